The molecule has 1 atom stereocenters. The van der Waals surface area contributed by atoms with Gasteiger partial charge in [-0.25, -0.2) is 9.47 Å². The largest absolute Gasteiger partial charge is 0.768 e. The zero-order valence-electron chi connectivity index (χ0n) is 12.5. The van der Waals surface area contributed by atoms with Crippen LogP contribution in [0.5, 0.6) is 0 Å². The molecule has 0 aliphatic carbocycles. The summed E-state index contributed by atoms with van der Waals surface area (Å²) in [6.07, 6.45) is -30.2. The molecule has 0 aliphatic heterocycles. The predicted molar refractivity (Wildman–Crippen MR) is 56.5 cm³/mol. The fraction of sp³-hybridized carbons (Fsp3) is 1.00. The first-order valence-corrected chi connectivity index (χ1v) is 7.27. The molecule has 4 nitrogen and oxygen atoms in total. The van der Waals surface area contributed by atoms with Crippen LogP contribution in [0.25, 0.3) is 0 Å². The Hall–Kier alpha value is -0.800. The van der Waals surface area contributed by atoms with Gasteiger partial charge in [-0.1, -0.05) is 0 Å². The van der Waals surface area contributed by atoms with E-state index in [2.05, 4.69) is 11.6 Å². The fourth-order valence-electron chi connectivity index (χ4n) is 1.02. The highest BCUT2D eigenvalue weighted by Gasteiger charge is 2.84. The van der Waals surface area contributed by atoms with E-state index in [1.807, 2.05) is 0 Å². The molecular formula is C8ClF16O4S-. The highest BCUT2D eigenvalue weighted by molar-refractivity contribution is 7.80. The zero-order valence-corrected chi connectivity index (χ0v) is 14.0. The summed E-state index contributed by atoms with van der Waals surface area (Å²) in [5.74, 6) is -15.4. The number of halogens is 17. The maximum atomic E-state index is 12.9. The third-order valence-corrected chi connectivity index (χ3v) is 3.41. The van der Waals surface area contributed by atoms with E-state index in [9.17, 15) is 79.0 Å². The van der Waals surface area contributed by atoms with Crippen molar-refractivity contribution in [3.8, 4) is 0 Å². The zero-order chi connectivity index (χ0) is 25.0. The van der Waals surface area contributed by atoms with Crippen molar-refractivity contribution >= 4 is 22.7 Å². The SMILES string of the molecule is O=S([O-])C(F)(F)C(F)(F)OC(F)(F)C(F)(F)OC(F)(F)C(F)(F)C(F)(F)C(F)(F)Cl. The third-order valence-electron chi connectivity index (χ3n) is 2.52. The Morgan fingerprint density at radius 3 is 1.13 bits per heavy atom. The Morgan fingerprint density at radius 2 is 0.867 bits per heavy atom. The van der Waals surface area contributed by atoms with Crippen LogP contribution in [-0.2, 0) is 20.6 Å². The average molecular weight is 532 g/mol. The summed E-state index contributed by atoms with van der Waals surface area (Å²) in [6.45, 7) is 0. The molecule has 22 heteroatoms. The Bertz CT molecular complexity index is 660. The van der Waals surface area contributed by atoms with Crippen molar-refractivity contribution in [2.24, 2.45) is 0 Å². The van der Waals surface area contributed by atoms with Gasteiger partial charge in [-0.05, 0) is 11.6 Å². The monoisotopic (exact) mass is 531 g/mol. The molecule has 0 rings (SSSR count). The van der Waals surface area contributed by atoms with Crippen LogP contribution >= 0.6 is 11.6 Å². The Kier molecular flexibility index (Phi) is 7.45. The number of alkyl halides is 17. The highest BCUT2D eigenvalue weighted by atomic mass is 35.5. The molecule has 0 saturated carbocycles. The lowest BCUT2D eigenvalue weighted by Crippen LogP contribution is -2.64. The maximum Gasteiger partial charge on any atom is 0.453 e. The van der Waals surface area contributed by atoms with Gasteiger partial charge in [0.25, 0.3) is 0 Å². The lowest BCUT2D eigenvalue weighted by molar-refractivity contribution is -0.544. The van der Waals surface area contributed by atoms with E-state index >= 15 is 0 Å². The first-order chi connectivity index (χ1) is 12.6. The summed E-state index contributed by atoms with van der Waals surface area (Å²) in [5.41, 5.74) is 0. The summed E-state index contributed by atoms with van der Waals surface area (Å²) < 4.78 is 225. The molecule has 1 unspecified atom stereocenters. The van der Waals surface area contributed by atoms with E-state index in [4.69, 9.17) is 0 Å². The van der Waals surface area contributed by atoms with Gasteiger partial charge < -0.3 is 4.55 Å². The molecule has 0 aliphatic rings. The maximum absolute atomic E-state index is 12.9. The third kappa shape index (κ3) is 4.83. The van der Waals surface area contributed by atoms with Crippen LogP contribution < -0.4 is 0 Å². The van der Waals surface area contributed by atoms with Crippen molar-refractivity contribution < 1.29 is 88.5 Å². The van der Waals surface area contributed by atoms with Gasteiger partial charge in [0.15, 0.2) is 0 Å². The minimum atomic E-state index is -7.87. The van der Waals surface area contributed by atoms with Crippen LogP contribution in [0.4, 0.5) is 70.2 Å². The van der Waals surface area contributed by atoms with E-state index in [1.165, 1.54) is 9.47 Å². The number of hydrogen-bond acceptors (Lipinski definition) is 4. The molecule has 0 fully saturated rings. The minimum absolute atomic E-state index is 1.26. The highest BCUT2D eigenvalue weighted by Crippen LogP contribution is 2.57. The Morgan fingerprint density at radius 1 is 0.567 bits per heavy atom. The molecule has 0 heterocycles. The van der Waals surface area contributed by atoms with Gasteiger partial charge in [-0.2, -0.15) is 70.2 Å². The first kappa shape index (κ1) is 29.2. The lowest BCUT2D eigenvalue weighted by Gasteiger charge is -2.37. The summed E-state index contributed by atoms with van der Waals surface area (Å²) in [4.78, 5) is 0. The van der Waals surface area contributed by atoms with Crippen LogP contribution in [0.1, 0.15) is 0 Å². The van der Waals surface area contributed by atoms with Gasteiger partial charge in [0.05, 0.1) is 0 Å². The van der Waals surface area contributed by atoms with Crippen LogP contribution in [-0.4, -0.2) is 55.7 Å². The number of hydrogen-bond donors (Lipinski definition) is 0. The van der Waals surface area contributed by atoms with Crippen molar-refractivity contribution in [1.29, 1.82) is 0 Å². The van der Waals surface area contributed by atoms with Crippen LogP contribution in [0.2, 0.25) is 0 Å². The van der Waals surface area contributed by atoms with Crippen molar-refractivity contribution in [2.75, 3.05) is 0 Å². The van der Waals surface area contributed by atoms with E-state index in [0.29, 0.717) is 0 Å². The first-order valence-electron chi connectivity index (χ1n) is 5.82. The van der Waals surface area contributed by atoms with Crippen LogP contribution in [0.15, 0.2) is 0 Å². The Balaban J connectivity index is 6.07. The van der Waals surface area contributed by atoms with E-state index in [1.54, 1.807) is 0 Å². The molecule has 30 heavy (non-hydrogen) atoms. The number of ether oxygens (including phenoxy) is 2. The smallest absolute Gasteiger partial charge is 0.453 e. The van der Waals surface area contributed by atoms with Crippen LogP contribution in [0, 0.1) is 0 Å². The second-order valence-corrected chi connectivity index (χ2v) is 6.13. The van der Waals surface area contributed by atoms with Crippen molar-refractivity contribution in [2.45, 2.75) is 46.9 Å². The van der Waals surface area contributed by atoms with Gasteiger partial charge in [0, 0.05) is 11.1 Å². The van der Waals surface area contributed by atoms with Gasteiger partial charge in [-0.15, -0.1) is 0 Å². The van der Waals surface area contributed by atoms with Gasteiger partial charge >= 0.3 is 46.9 Å². The normalized spacial score (nSPS) is 17.3. The molecule has 182 valence electrons. The minimum Gasteiger partial charge on any atom is -0.768 e. The Labute approximate surface area is 159 Å². The van der Waals surface area contributed by atoms with Crippen molar-refractivity contribution in [1.82, 2.24) is 0 Å². The van der Waals surface area contributed by atoms with E-state index < -0.39 is 58.0 Å². The van der Waals surface area contributed by atoms with Gasteiger partial charge in [-0.3, -0.25) is 4.21 Å². The van der Waals surface area contributed by atoms with Gasteiger partial charge in [0.1, 0.15) is 0 Å². The average Bonchev–Trinajstić information content (AvgIpc) is 2.42. The molecular weight excluding hydrogens is 532 g/mol. The van der Waals surface area contributed by atoms with Crippen molar-refractivity contribution in [3.05, 3.63) is 0 Å². The molecule has 0 spiro atoms. The molecule has 0 aromatic rings. The molecule has 0 aromatic heterocycles. The second-order valence-electron chi connectivity index (χ2n) is 4.67. The molecule has 0 N–H and O–H groups in total. The molecule has 0 radical (unpaired) electrons. The summed E-state index contributed by atoms with van der Waals surface area (Å²) in [6, 6.07) is 0. The summed E-state index contributed by atoms with van der Waals surface area (Å²) in [5, 5.41) is -13.4. The van der Waals surface area contributed by atoms with E-state index in [0.717, 1.165) is 0 Å². The van der Waals surface area contributed by atoms with Gasteiger partial charge in [0.2, 0.25) is 0 Å². The number of rotatable bonds is 10. The molecule has 0 bridgehead atoms. The quantitative estimate of drug-likeness (QED) is 0.227. The second kappa shape index (κ2) is 7.66. The molecule has 0 aromatic carbocycles. The fourth-order valence-corrected chi connectivity index (χ4v) is 1.38. The van der Waals surface area contributed by atoms with Crippen LogP contribution in [0.3, 0.4) is 0 Å². The lowest BCUT2D eigenvalue weighted by atomic mass is 10.1. The summed E-state index contributed by atoms with van der Waals surface area (Å²) >= 11 is -2.01. The summed E-state index contributed by atoms with van der Waals surface area (Å²) in [7, 11) is 0. The molecule has 0 amide bonds. The van der Waals surface area contributed by atoms with E-state index in [-0.39, 0.29) is 0 Å². The standard InChI is InChI=1S/C8HClF16O4S/c9-3(14,15)1(10,11)2(12,13)4(16,17)28-5(18,19)6(20,21)29-7(22,23)8(24,25)30(26)27/h(H,26,27)/p-1. The predicted octanol–water partition coefficient (Wildman–Crippen LogP) is 4.96. The van der Waals surface area contributed by atoms with Crippen molar-refractivity contribution in [3.63, 3.8) is 0 Å². The topological polar surface area (TPSA) is 58.6 Å². The molecule has 0 saturated heterocycles.